The first-order chi connectivity index (χ1) is 20.8. The van der Waals surface area contributed by atoms with Crippen molar-refractivity contribution in [2.24, 2.45) is 5.73 Å². The van der Waals surface area contributed by atoms with E-state index >= 15 is 0 Å². The number of rotatable bonds is 14. The molecule has 3 amide bonds. The summed E-state index contributed by atoms with van der Waals surface area (Å²) in [5, 5.41) is 8.18. The Bertz CT molecular complexity index is 1050. The van der Waals surface area contributed by atoms with Gasteiger partial charge >= 0.3 is 6.18 Å². The lowest BCUT2D eigenvalue weighted by atomic mass is 10.1. The Hall–Kier alpha value is -3.67. The standard InChI is InChI=1S/C19H28FN3O4.C7H5F3.C4H11N.C2H6/c1-3-9-22-19(26)15(12-17(21)24)23-18(25)6-4-5-10-27-16-8-7-13(2)11-14(16)20;8-7(9,10)6-4-2-1-3-5-6;1-3-4-5-2;1-2/h7-8,11,15H,3-6,9-10,12H2,1-2H3,(H2,21,24)(H,22,26)(H,23,25);1-5H;5H,3-4H2,1-2H3;1-2H3. The van der Waals surface area contributed by atoms with Gasteiger partial charge in [0.05, 0.1) is 18.6 Å². The van der Waals surface area contributed by atoms with Crippen LogP contribution in [0.5, 0.6) is 5.75 Å². The minimum Gasteiger partial charge on any atom is -0.491 e. The summed E-state index contributed by atoms with van der Waals surface area (Å²) in [4.78, 5) is 35.1. The number of alkyl halides is 3. The topological polar surface area (TPSA) is 123 Å². The van der Waals surface area contributed by atoms with Crippen LogP contribution >= 0.6 is 0 Å². The third kappa shape index (κ3) is 21.9. The number of aryl methyl sites for hydroxylation is 1. The van der Waals surface area contributed by atoms with E-state index in [9.17, 15) is 31.9 Å². The molecule has 12 heteroatoms. The van der Waals surface area contributed by atoms with Crippen molar-refractivity contribution >= 4 is 17.7 Å². The van der Waals surface area contributed by atoms with Crippen LogP contribution < -0.4 is 26.4 Å². The zero-order valence-corrected chi connectivity index (χ0v) is 26.8. The fourth-order valence-electron chi connectivity index (χ4n) is 3.22. The van der Waals surface area contributed by atoms with Crippen molar-refractivity contribution in [3.8, 4) is 5.75 Å². The molecule has 0 aromatic heterocycles. The Kier molecular flexibility index (Phi) is 24.9. The minimum absolute atomic E-state index is 0.163. The Labute approximate surface area is 259 Å². The highest BCUT2D eigenvalue weighted by molar-refractivity contribution is 5.91. The van der Waals surface area contributed by atoms with Crippen molar-refractivity contribution in [1.82, 2.24) is 16.0 Å². The van der Waals surface area contributed by atoms with Crippen molar-refractivity contribution in [3.63, 3.8) is 0 Å². The second kappa shape index (κ2) is 25.8. The Morgan fingerprint density at radius 1 is 0.955 bits per heavy atom. The first kappa shape index (κ1) is 42.5. The lowest BCUT2D eigenvalue weighted by molar-refractivity contribution is -0.137. The summed E-state index contributed by atoms with van der Waals surface area (Å²) in [5.41, 5.74) is 5.34. The molecule has 0 bridgehead atoms. The predicted octanol–water partition coefficient (Wildman–Crippen LogP) is 5.92. The van der Waals surface area contributed by atoms with Gasteiger partial charge in [0.1, 0.15) is 6.04 Å². The quantitative estimate of drug-likeness (QED) is 0.153. The van der Waals surface area contributed by atoms with E-state index in [1.165, 1.54) is 24.6 Å². The van der Waals surface area contributed by atoms with E-state index < -0.39 is 35.4 Å². The monoisotopic (exact) mass is 630 g/mol. The number of nitrogens with one attached hydrogen (secondary N) is 3. The number of benzene rings is 2. The van der Waals surface area contributed by atoms with Crippen LogP contribution in [0.25, 0.3) is 0 Å². The van der Waals surface area contributed by atoms with Crippen molar-refractivity contribution in [3.05, 3.63) is 65.5 Å². The largest absolute Gasteiger partial charge is 0.491 e. The smallest absolute Gasteiger partial charge is 0.416 e. The number of halogens is 4. The van der Waals surface area contributed by atoms with E-state index in [2.05, 4.69) is 22.9 Å². The molecule has 250 valence electrons. The van der Waals surface area contributed by atoms with Gasteiger partial charge < -0.3 is 26.4 Å². The van der Waals surface area contributed by atoms with E-state index in [4.69, 9.17) is 10.5 Å². The molecular formula is C32H50F4N4O4. The molecule has 0 spiro atoms. The van der Waals surface area contributed by atoms with Crippen molar-refractivity contribution in [2.75, 3.05) is 26.7 Å². The summed E-state index contributed by atoms with van der Waals surface area (Å²) in [6, 6.07) is 10.1. The Balaban J connectivity index is 0. The van der Waals surface area contributed by atoms with Crippen molar-refractivity contribution in [1.29, 1.82) is 0 Å². The summed E-state index contributed by atoms with van der Waals surface area (Å²) in [7, 11) is 1.96. The number of ether oxygens (including phenoxy) is 1. The average molecular weight is 631 g/mol. The third-order valence-corrected chi connectivity index (χ3v) is 5.35. The van der Waals surface area contributed by atoms with Crippen LogP contribution in [0, 0.1) is 12.7 Å². The number of unbranched alkanes of at least 4 members (excludes halogenated alkanes) is 1. The number of nitrogens with two attached hydrogens (primary N) is 1. The molecule has 8 nitrogen and oxygen atoms in total. The van der Waals surface area contributed by atoms with E-state index in [0.29, 0.717) is 19.4 Å². The van der Waals surface area contributed by atoms with Gasteiger partial charge in [-0.25, -0.2) is 4.39 Å². The van der Waals surface area contributed by atoms with Crippen molar-refractivity contribution in [2.45, 2.75) is 85.4 Å². The molecule has 0 heterocycles. The molecule has 0 fully saturated rings. The van der Waals surface area contributed by atoms with Crippen LogP contribution in [0.15, 0.2) is 48.5 Å². The first-order valence-electron chi connectivity index (χ1n) is 14.9. The van der Waals surface area contributed by atoms with E-state index in [-0.39, 0.29) is 31.1 Å². The molecule has 5 N–H and O–H groups in total. The van der Waals surface area contributed by atoms with Crippen LogP contribution in [-0.2, 0) is 20.6 Å². The van der Waals surface area contributed by atoms with Crippen molar-refractivity contribution < 1.29 is 36.7 Å². The molecule has 2 rings (SSSR count). The highest BCUT2D eigenvalue weighted by atomic mass is 19.4. The van der Waals surface area contributed by atoms with Crippen LogP contribution in [0.2, 0.25) is 0 Å². The van der Waals surface area contributed by atoms with Crippen LogP contribution in [0.3, 0.4) is 0 Å². The third-order valence-electron chi connectivity index (χ3n) is 5.35. The number of primary amides is 1. The van der Waals surface area contributed by atoms with Gasteiger partial charge in [0, 0.05) is 13.0 Å². The number of carbonyl (C=O) groups excluding carboxylic acids is 3. The van der Waals surface area contributed by atoms with E-state index in [0.717, 1.165) is 30.7 Å². The van der Waals surface area contributed by atoms with Gasteiger partial charge in [-0.3, -0.25) is 14.4 Å². The fraction of sp³-hybridized carbons (Fsp3) is 0.531. The van der Waals surface area contributed by atoms with E-state index in [1.807, 2.05) is 27.8 Å². The SMILES string of the molecule is CC.CCCNC.CCCNC(=O)C(CC(N)=O)NC(=O)CCCCOc1ccc(C)cc1F.FC(F)(F)c1ccccc1. The molecule has 1 unspecified atom stereocenters. The number of hydrogen-bond acceptors (Lipinski definition) is 5. The van der Waals surface area contributed by atoms with Crippen LogP contribution in [-0.4, -0.2) is 50.5 Å². The van der Waals surface area contributed by atoms with Gasteiger partial charge in [-0.15, -0.1) is 0 Å². The van der Waals surface area contributed by atoms with Gasteiger partial charge in [-0.05, 0) is 63.9 Å². The van der Waals surface area contributed by atoms with Gasteiger partial charge in [0.2, 0.25) is 17.7 Å². The molecule has 44 heavy (non-hydrogen) atoms. The molecular weight excluding hydrogens is 580 g/mol. The molecule has 1 atom stereocenters. The molecule has 0 radical (unpaired) electrons. The summed E-state index contributed by atoms with van der Waals surface area (Å²) in [5.74, 6) is -1.68. The predicted molar refractivity (Wildman–Crippen MR) is 167 cm³/mol. The zero-order chi connectivity index (χ0) is 34.0. The molecule has 0 saturated heterocycles. The summed E-state index contributed by atoms with van der Waals surface area (Å²) < 4.78 is 54.4. The molecule has 0 saturated carbocycles. The molecule has 2 aromatic rings. The van der Waals surface area contributed by atoms with Crippen LogP contribution in [0.1, 0.15) is 77.3 Å². The lowest BCUT2D eigenvalue weighted by Crippen LogP contribution is -2.48. The second-order valence-corrected chi connectivity index (χ2v) is 9.29. The fourth-order valence-corrected chi connectivity index (χ4v) is 3.22. The molecule has 2 aromatic carbocycles. The highest BCUT2D eigenvalue weighted by Crippen LogP contribution is 2.28. The van der Waals surface area contributed by atoms with Gasteiger partial charge in [-0.1, -0.05) is 64.1 Å². The molecule has 0 aliphatic rings. The number of carbonyl (C=O) groups is 3. The summed E-state index contributed by atoms with van der Waals surface area (Å²) in [6.07, 6.45) is -1.28. The molecule has 0 aliphatic heterocycles. The lowest BCUT2D eigenvalue weighted by Gasteiger charge is -2.17. The van der Waals surface area contributed by atoms with Gasteiger partial charge in [0.15, 0.2) is 11.6 Å². The second-order valence-electron chi connectivity index (χ2n) is 9.29. The maximum absolute atomic E-state index is 13.6. The first-order valence-corrected chi connectivity index (χ1v) is 14.9. The summed E-state index contributed by atoms with van der Waals surface area (Å²) >= 11 is 0. The minimum atomic E-state index is -4.21. The van der Waals surface area contributed by atoms with Gasteiger partial charge in [-0.2, -0.15) is 13.2 Å². The number of hydrogen-bond donors (Lipinski definition) is 4. The number of amides is 3. The van der Waals surface area contributed by atoms with E-state index in [1.54, 1.807) is 25.1 Å². The summed E-state index contributed by atoms with van der Waals surface area (Å²) in [6.45, 7) is 11.7. The Morgan fingerprint density at radius 3 is 2.02 bits per heavy atom. The maximum Gasteiger partial charge on any atom is 0.416 e. The maximum atomic E-state index is 13.6. The normalized spacial score (nSPS) is 10.8. The zero-order valence-electron chi connectivity index (χ0n) is 26.8. The average Bonchev–Trinajstić information content (AvgIpc) is 2.98. The van der Waals surface area contributed by atoms with Gasteiger partial charge in [0.25, 0.3) is 0 Å². The Morgan fingerprint density at radius 2 is 1.57 bits per heavy atom. The highest BCUT2D eigenvalue weighted by Gasteiger charge is 2.29. The van der Waals surface area contributed by atoms with Crippen LogP contribution in [0.4, 0.5) is 17.6 Å². The molecule has 0 aliphatic carbocycles.